The fourth-order valence-corrected chi connectivity index (χ4v) is 5.26. The molecule has 0 atom stereocenters. The molecular formula is C20H30N4S. The second kappa shape index (κ2) is 8.00. The van der Waals surface area contributed by atoms with Crippen molar-refractivity contribution < 1.29 is 0 Å². The number of hydrogen-bond donors (Lipinski definition) is 0. The summed E-state index contributed by atoms with van der Waals surface area (Å²) in [5.74, 6) is 2.02. The van der Waals surface area contributed by atoms with E-state index in [9.17, 15) is 0 Å². The van der Waals surface area contributed by atoms with Gasteiger partial charge in [-0.25, -0.2) is 9.97 Å². The third-order valence-electron chi connectivity index (χ3n) is 5.84. The van der Waals surface area contributed by atoms with E-state index in [1.807, 2.05) is 11.3 Å². The molecule has 2 fully saturated rings. The zero-order valence-corrected chi connectivity index (χ0v) is 16.2. The number of anilines is 1. The molecule has 2 aliphatic rings. The van der Waals surface area contributed by atoms with E-state index in [0.717, 1.165) is 36.1 Å². The quantitative estimate of drug-likeness (QED) is 0.813. The fraction of sp³-hybridized carbons (Fsp3) is 0.700. The predicted octanol–water partition coefficient (Wildman–Crippen LogP) is 4.35. The summed E-state index contributed by atoms with van der Waals surface area (Å²) in [7, 11) is 0. The average molecular weight is 359 g/mol. The van der Waals surface area contributed by atoms with E-state index in [4.69, 9.17) is 0 Å². The maximum Gasteiger partial charge on any atom is 0.140 e. The number of rotatable bonds is 4. The van der Waals surface area contributed by atoms with E-state index in [-0.39, 0.29) is 0 Å². The molecule has 2 saturated heterocycles. The number of piperidine rings is 1. The van der Waals surface area contributed by atoms with Crippen LogP contribution >= 0.6 is 11.3 Å². The Kier molecular flexibility index (Phi) is 5.51. The highest BCUT2D eigenvalue weighted by Gasteiger charge is 2.24. The minimum absolute atomic E-state index is 0.861. The van der Waals surface area contributed by atoms with E-state index in [1.54, 1.807) is 6.33 Å². The van der Waals surface area contributed by atoms with Gasteiger partial charge in [0.2, 0.25) is 0 Å². The van der Waals surface area contributed by atoms with Gasteiger partial charge in [-0.05, 0) is 57.2 Å². The second-order valence-electron chi connectivity index (χ2n) is 7.63. The topological polar surface area (TPSA) is 32.3 Å². The summed E-state index contributed by atoms with van der Waals surface area (Å²) < 4.78 is 0. The average Bonchev–Trinajstić information content (AvgIpc) is 2.92. The van der Waals surface area contributed by atoms with E-state index < -0.39 is 0 Å². The van der Waals surface area contributed by atoms with Crippen LogP contribution in [0.4, 0.5) is 5.82 Å². The summed E-state index contributed by atoms with van der Waals surface area (Å²) >= 11 is 1.82. The zero-order valence-electron chi connectivity index (χ0n) is 15.4. The maximum atomic E-state index is 4.64. The lowest BCUT2D eigenvalue weighted by atomic mass is 9.96. The van der Waals surface area contributed by atoms with Crippen molar-refractivity contribution in [1.29, 1.82) is 0 Å². The van der Waals surface area contributed by atoms with Gasteiger partial charge >= 0.3 is 0 Å². The first-order chi connectivity index (χ1) is 12.3. The number of hydrogen-bond acceptors (Lipinski definition) is 5. The van der Waals surface area contributed by atoms with Crippen LogP contribution in [-0.4, -0.2) is 47.6 Å². The Labute approximate surface area is 155 Å². The predicted molar refractivity (Wildman–Crippen MR) is 107 cm³/mol. The van der Waals surface area contributed by atoms with Crippen LogP contribution in [0.5, 0.6) is 0 Å². The third-order valence-corrected chi connectivity index (χ3v) is 7.02. The highest BCUT2D eigenvalue weighted by Crippen LogP contribution is 2.32. The number of nitrogens with zero attached hydrogens (tertiary/aromatic N) is 4. The standard InChI is InChI=1S/C20H30N4S/c1-2-17-13-18-19(21-15-22-20(18)25-17)24-11-7-16(8-12-24)14-23-9-5-3-4-6-10-23/h13,15-16H,2-12,14H2,1H3. The minimum Gasteiger partial charge on any atom is -0.356 e. The van der Waals surface area contributed by atoms with Crippen molar-refractivity contribution in [3.8, 4) is 0 Å². The lowest BCUT2D eigenvalue weighted by molar-refractivity contribution is 0.218. The van der Waals surface area contributed by atoms with Crippen LogP contribution in [0.2, 0.25) is 0 Å². The van der Waals surface area contributed by atoms with Crippen molar-refractivity contribution in [2.45, 2.75) is 51.9 Å². The summed E-state index contributed by atoms with van der Waals surface area (Å²) in [6, 6.07) is 2.30. The summed E-state index contributed by atoms with van der Waals surface area (Å²) in [6.07, 6.45) is 11.1. The van der Waals surface area contributed by atoms with Gasteiger partial charge in [-0.3, -0.25) is 0 Å². The van der Waals surface area contributed by atoms with Crippen LogP contribution in [0.3, 0.4) is 0 Å². The Balaban J connectivity index is 1.39. The molecule has 25 heavy (non-hydrogen) atoms. The van der Waals surface area contributed by atoms with Gasteiger partial charge in [0, 0.05) is 24.5 Å². The Morgan fingerprint density at radius 2 is 1.80 bits per heavy atom. The normalized spacial score (nSPS) is 20.9. The molecule has 0 radical (unpaired) electrons. The molecule has 0 unspecified atom stereocenters. The van der Waals surface area contributed by atoms with Crippen LogP contribution < -0.4 is 4.90 Å². The molecule has 5 heteroatoms. The molecule has 0 amide bonds. The molecule has 0 bridgehead atoms. The van der Waals surface area contributed by atoms with Crippen molar-refractivity contribution in [2.75, 3.05) is 37.6 Å². The molecule has 0 aromatic carbocycles. The Bertz CT molecular complexity index is 682. The van der Waals surface area contributed by atoms with Crippen LogP contribution in [-0.2, 0) is 6.42 Å². The Hall–Kier alpha value is -1.20. The van der Waals surface area contributed by atoms with Gasteiger partial charge in [0.25, 0.3) is 0 Å². The van der Waals surface area contributed by atoms with Gasteiger partial charge in [-0.15, -0.1) is 11.3 Å². The first-order valence-electron chi connectivity index (χ1n) is 10.0. The molecule has 136 valence electrons. The van der Waals surface area contributed by atoms with Gasteiger partial charge < -0.3 is 9.80 Å². The van der Waals surface area contributed by atoms with Gasteiger partial charge in [0.1, 0.15) is 17.0 Å². The summed E-state index contributed by atoms with van der Waals surface area (Å²) in [5, 5.41) is 1.26. The molecule has 0 spiro atoms. The summed E-state index contributed by atoms with van der Waals surface area (Å²) in [6.45, 7) is 8.45. The zero-order chi connectivity index (χ0) is 17.1. The largest absolute Gasteiger partial charge is 0.356 e. The molecule has 4 rings (SSSR count). The minimum atomic E-state index is 0.861. The number of aromatic nitrogens is 2. The molecule has 0 N–H and O–H groups in total. The van der Waals surface area contributed by atoms with Crippen molar-refractivity contribution in [1.82, 2.24) is 14.9 Å². The van der Waals surface area contributed by atoms with E-state index in [1.165, 1.54) is 68.4 Å². The molecule has 4 heterocycles. The van der Waals surface area contributed by atoms with Crippen molar-refractivity contribution in [3.05, 3.63) is 17.3 Å². The van der Waals surface area contributed by atoms with Crippen LogP contribution in [0.15, 0.2) is 12.4 Å². The number of thiophene rings is 1. The summed E-state index contributed by atoms with van der Waals surface area (Å²) in [4.78, 5) is 16.9. The van der Waals surface area contributed by atoms with E-state index in [2.05, 4.69) is 32.8 Å². The molecular weight excluding hydrogens is 328 g/mol. The van der Waals surface area contributed by atoms with Crippen LogP contribution in [0, 0.1) is 5.92 Å². The van der Waals surface area contributed by atoms with Gasteiger partial charge in [0.15, 0.2) is 0 Å². The highest BCUT2D eigenvalue weighted by molar-refractivity contribution is 7.18. The summed E-state index contributed by atoms with van der Waals surface area (Å²) in [5.41, 5.74) is 0. The monoisotopic (exact) mass is 358 g/mol. The lowest BCUT2D eigenvalue weighted by Crippen LogP contribution is -2.39. The van der Waals surface area contributed by atoms with E-state index >= 15 is 0 Å². The number of aryl methyl sites for hydroxylation is 1. The first-order valence-corrected chi connectivity index (χ1v) is 10.9. The van der Waals surface area contributed by atoms with Gasteiger partial charge in [-0.1, -0.05) is 19.8 Å². The number of fused-ring (bicyclic) bond motifs is 1. The van der Waals surface area contributed by atoms with Gasteiger partial charge in [-0.2, -0.15) is 0 Å². The Morgan fingerprint density at radius 1 is 1.04 bits per heavy atom. The van der Waals surface area contributed by atoms with Crippen molar-refractivity contribution >= 4 is 27.4 Å². The molecule has 4 nitrogen and oxygen atoms in total. The molecule has 0 saturated carbocycles. The third kappa shape index (κ3) is 3.98. The molecule has 2 aromatic rings. The maximum absolute atomic E-state index is 4.64. The first kappa shape index (κ1) is 17.2. The SMILES string of the molecule is CCc1cc2c(N3CCC(CN4CCCCCC4)CC3)ncnc2s1. The van der Waals surface area contributed by atoms with E-state index in [0.29, 0.717) is 0 Å². The van der Waals surface area contributed by atoms with Gasteiger partial charge in [0.05, 0.1) is 5.39 Å². The van der Waals surface area contributed by atoms with Crippen molar-refractivity contribution in [3.63, 3.8) is 0 Å². The molecule has 2 aliphatic heterocycles. The molecule has 2 aromatic heterocycles. The van der Waals surface area contributed by atoms with Crippen LogP contribution in [0.25, 0.3) is 10.2 Å². The highest BCUT2D eigenvalue weighted by atomic mass is 32.1. The van der Waals surface area contributed by atoms with Crippen molar-refractivity contribution in [2.24, 2.45) is 5.92 Å². The van der Waals surface area contributed by atoms with Crippen LogP contribution in [0.1, 0.15) is 50.3 Å². The Morgan fingerprint density at radius 3 is 2.52 bits per heavy atom. The smallest absolute Gasteiger partial charge is 0.140 e. The lowest BCUT2D eigenvalue weighted by Gasteiger charge is -2.35. The fourth-order valence-electron chi connectivity index (χ4n) is 4.33. The molecule has 0 aliphatic carbocycles. The number of likely N-dealkylation sites (tertiary alicyclic amines) is 1. The second-order valence-corrected chi connectivity index (χ2v) is 8.74.